The quantitative estimate of drug-likeness (QED) is 0.642. The highest BCUT2D eigenvalue weighted by Gasteiger charge is 1.96. The van der Waals surface area contributed by atoms with Crippen LogP contribution < -0.4 is 11.1 Å². The van der Waals surface area contributed by atoms with Crippen LogP contribution in [0, 0.1) is 5.82 Å². The van der Waals surface area contributed by atoms with E-state index in [1.54, 1.807) is 7.05 Å². The zero-order valence-electron chi connectivity index (χ0n) is 6.10. The first-order chi connectivity index (χ1) is 4.74. The molecule has 3 N–H and O–H groups in total. The highest BCUT2D eigenvalue weighted by Crippen LogP contribution is 2.17. The van der Waals surface area contributed by atoms with Crippen molar-refractivity contribution in [2.24, 2.45) is 0 Å². The van der Waals surface area contributed by atoms with E-state index in [0.717, 1.165) is 0 Å². The maximum absolute atomic E-state index is 12.4. The Morgan fingerprint density at radius 3 is 2.55 bits per heavy atom. The summed E-state index contributed by atoms with van der Waals surface area (Å²) in [6, 6.07) is 4.21. The molecule has 0 radical (unpaired) electrons. The van der Waals surface area contributed by atoms with Gasteiger partial charge in [0.25, 0.3) is 0 Å². The van der Waals surface area contributed by atoms with Crippen molar-refractivity contribution in [3.8, 4) is 0 Å². The van der Waals surface area contributed by atoms with Crippen LogP contribution >= 0.6 is 12.4 Å². The smallest absolute Gasteiger partial charge is 0.125 e. The van der Waals surface area contributed by atoms with Gasteiger partial charge in [-0.25, -0.2) is 4.39 Å². The van der Waals surface area contributed by atoms with Gasteiger partial charge in [-0.05, 0) is 18.2 Å². The average molecular weight is 177 g/mol. The molecule has 1 rings (SSSR count). The Kier molecular flexibility index (Phi) is 3.68. The lowest BCUT2D eigenvalue weighted by molar-refractivity contribution is 0.628. The first-order valence-corrected chi connectivity index (χ1v) is 2.97. The van der Waals surface area contributed by atoms with Crippen molar-refractivity contribution >= 4 is 23.8 Å². The fourth-order valence-electron chi connectivity index (χ4n) is 0.745. The number of nitrogens with one attached hydrogen (secondary N) is 1. The van der Waals surface area contributed by atoms with Crippen LogP contribution in [0.3, 0.4) is 0 Å². The van der Waals surface area contributed by atoms with Crippen molar-refractivity contribution in [2.45, 2.75) is 0 Å². The Labute approximate surface area is 71.0 Å². The molecule has 0 atom stereocenters. The molecule has 0 aliphatic rings. The molecule has 1 aromatic rings. The maximum atomic E-state index is 12.4. The summed E-state index contributed by atoms with van der Waals surface area (Å²) in [6.45, 7) is 0. The zero-order chi connectivity index (χ0) is 7.56. The van der Waals surface area contributed by atoms with Crippen molar-refractivity contribution < 1.29 is 4.39 Å². The van der Waals surface area contributed by atoms with Gasteiger partial charge in [-0.2, -0.15) is 0 Å². The Morgan fingerprint density at radius 2 is 2.09 bits per heavy atom. The van der Waals surface area contributed by atoms with Crippen molar-refractivity contribution in [3.63, 3.8) is 0 Å². The number of hydrogen-bond acceptors (Lipinski definition) is 2. The molecule has 0 aliphatic carbocycles. The van der Waals surface area contributed by atoms with E-state index >= 15 is 0 Å². The maximum Gasteiger partial charge on any atom is 0.125 e. The van der Waals surface area contributed by atoms with E-state index in [-0.39, 0.29) is 18.2 Å². The van der Waals surface area contributed by atoms with E-state index in [1.807, 2.05) is 0 Å². The molecule has 1 aromatic carbocycles. The lowest BCUT2D eigenvalue weighted by Gasteiger charge is -2.02. The number of halogens is 2. The normalized spacial score (nSPS) is 8.55. The van der Waals surface area contributed by atoms with E-state index in [2.05, 4.69) is 5.32 Å². The highest BCUT2D eigenvalue weighted by molar-refractivity contribution is 5.85. The van der Waals surface area contributed by atoms with E-state index in [0.29, 0.717) is 11.4 Å². The third kappa shape index (κ3) is 2.27. The van der Waals surface area contributed by atoms with Crippen molar-refractivity contribution in [1.29, 1.82) is 0 Å². The monoisotopic (exact) mass is 176 g/mol. The Bertz CT molecular complexity index is 240. The number of hydrogen-bond donors (Lipinski definition) is 2. The van der Waals surface area contributed by atoms with Crippen molar-refractivity contribution in [1.82, 2.24) is 0 Å². The van der Waals surface area contributed by atoms with E-state index in [4.69, 9.17) is 5.73 Å². The zero-order valence-corrected chi connectivity index (χ0v) is 6.91. The van der Waals surface area contributed by atoms with Gasteiger partial charge in [0.2, 0.25) is 0 Å². The summed E-state index contributed by atoms with van der Waals surface area (Å²) in [5.74, 6) is -0.279. The second-order valence-corrected chi connectivity index (χ2v) is 1.98. The number of nitrogen functional groups attached to an aromatic ring is 1. The molecular formula is C7H10ClFN2. The molecule has 0 bridgehead atoms. The number of rotatable bonds is 1. The Balaban J connectivity index is 0.000001000. The number of anilines is 2. The molecule has 0 fully saturated rings. The highest BCUT2D eigenvalue weighted by atomic mass is 35.5. The molecule has 0 saturated heterocycles. The molecule has 0 amide bonds. The van der Waals surface area contributed by atoms with Crippen LogP contribution in [-0.2, 0) is 0 Å². The van der Waals surface area contributed by atoms with Gasteiger partial charge in [-0.15, -0.1) is 12.4 Å². The van der Waals surface area contributed by atoms with Crippen LogP contribution in [0.1, 0.15) is 0 Å². The molecule has 0 aromatic heterocycles. The summed E-state index contributed by atoms with van der Waals surface area (Å²) in [7, 11) is 1.70. The minimum atomic E-state index is -0.279. The summed E-state index contributed by atoms with van der Waals surface area (Å²) in [6.07, 6.45) is 0. The van der Waals surface area contributed by atoms with Gasteiger partial charge in [0, 0.05) is 7.05 Å². The summed E-state index contributed by atoms with van der Waals surface area (Å²) in [5.41, 5.74) is 6.65. The molecule has 0 heterocycles. The molecule has 0 unspecified atom stereocenters. The standard InChI is InChI=1S/C7H9FN2.ClH/c1-10-7-4-5(8)2-3-6(7)9;/h2-4,10H,9H2,1H3;1H. The molecular weight excluding hydrogens is 167 g/mol. The predicted molar refractivity (Wildman–Crippen MR) is 47.6 cm³/mol. The lowest BCUT2D eigenvalue weighted by Crippen LogP contribution is -1.95. The van der Waals surface area contributed by atoms with Gasteiger partial charge in [0.05, 0.1) is 11.4 Å². The second-order valence-electron chi connectivity index (χ2n) is 1.98. The molecule has 62 valence electrons. The third-order valence-electron chi connectivity index (χ3n) is 1.28. The van der Waals surface area contributed by atoms with E-state index in [9.17, 15) is 4.39 Å². The first kappa shape index (κ1) is 10.0. The molecule has 2 nitrogen and oxygen atoms in total. The summed E-state index contributed by atoms with van der Waals surface area (Å²) < 4.78 is 12.4. The van der Waals surface area contributed by atoms with Gasteiger partial charge in [-0.1, -0.05) is 0 Å². The average Bonchev–Trinajstić information content (AvgIpc) is 1.94. The van der Waals surface area contributed by atoms with Crippen molar-refractivity contribution in [2.75, 3.05) is 18.1 Å². The molecule has 4 heteroatoms. The second kappa shape index (κ2) is 4.03. The minimum absolute atomic E-state index is 0. The summed E-state index contributed by atoms with van der Waals surface area (Å²) >= 11 is 0. The summed E-state index contributed by atoms with van der Waals surface area (Å²) in [4.78, 5) is 0. The third-order valence-corrected chi connectivity index (χ3v) is 1.28. The van der Waals surface area contributed by atoms with Gasteiger partial charge in [0.1, 0.15) is 5.82 Å². The van der Waals surface area contributed by atoms with Gasteiger partial charge in [0.15, 0.2) is 0 Å². The van der Waals surface area contributed by atoms with Crippen LogP contribution in [0.4, 0.5) is 15.8 Å². The first-order valence-electron chi connectivity index (χ1n) is 2.97. The molecule has 0 aliphatic heterocycles. The summed E-state index contributed by atoms with van der Waals surface area (Å²) in [5, 5.41) is 2.77. The van der Waals surface area contributed by atoms with Gasteiger partial charge < -0.3 is 11.1 Å². The molecule has 11 heavy (non-hydrogen) atoms. The SMILES string of the molecule is CNc1cc(F)ccc1N.Cl. The van der Waals surface area contributed by atoms with Gasteiger partial charge in [-0.3, -0.25) is 0 Å². The fourth-order valence-corrected chi connectivity index (χ4v) is 0.745. The molecule has 0 saturated carbocycles. The Morgan fingerprint density at radius 1 is 1.45 bits per heavy atom. The van der Waals surface area contributed by atoms with E-state index < -0.39 is 0 Å². The number of nitrogens with two attached hydrogens (primary N) is 1. The fraction of sp³-hybridized carbons (Fsp3) is 0.143. The Hall–Kier alpha value is -0.960. The van der Waals surface area contributed by atoms with Crippen LogP contribution in [0.15, 0.2) is 18.2 Å². The lowest BCUT2D eigenvalue weighted by atomic mass is 10.2. The number of benzene rings is 1. The van der Waals surface area contributed by atoms with Crippen LogP contribution in [0.5, 0.6) is 0 Å². The largest absolute Gasteiger partial charge is 0.397 e. The predicted octanol–water partition coefficient (Wildman–Crippen LogP) is 1.87. The van der Waals surface area contributed by atoms with Gasteiger partial charge >= 0.3 is 0 Å². The topological polar surface area (TPSA) is 38.0 Å². The van der Waals surface area contributed by atoms with Crippen LogP contribution in [-0.4, -0.2) is 7.05 Å². The van der Waals surface area contributed by atoms with E-state index in [1.165, 1.54) is 18.2 Å². The van der Waals surface area contributed by atoms with Crippen LogP contribution in [0.2, 0.25) is 0 Å². The van der Waals surface area contributed by atoms with Crippen LogP contribution in [0.25, 0.3) is 0 Å². The minimum Gasteiger partial charge on any atom is -0.397 e. The molecule has 0 spiro atoms. The van der Waals surface area contributed by atoms with Crippen molar-refractivity contribution in [3.05, 3.63) is 24.0 Å².